The Morgan fingerprint density at radius 2 is 1.38 bits per heavy atom. The van der Waals surface area contributed by atoms with Gasteiger partial charge in [0.2, 0.25) is 0 Å². The van der Waals surface area contributed by atoms with Gasteiger partial charge in [-0.3, -0.25) is 9.59 Å². The molecule has 2 aromatic carbocycles. The van der Waals surface area contributed by atoms with Gasteiger partial charge in [0.25, 0.3) is 11.7 Å². The minimum absolute atomic E-state index is 0.411. The zero-order valence-corrected chi connectivity index (χ0v) is 19.2. The van der Waals surface area contributed by atoms with Gasteiger partial charge in [-0.25, -0.2) is 0 Å². The van der Waals surface area contributed by atoms with Crippen molar-refractivity contribution in [3.63, 3.8) is 0 Å². The lowest BCUT2D eigenvalue weighted by Gasteiger charge is -2.26. The first-order valence-electron chi connectivity index (χ1n) is 10.9. The van der Waals surface area contributed by atoms with Crippen LogP contribution in [0.5, 0.6) is 0 Å². The number of nitrogens with zero attached hydrogens (tertiary/aromatic N) is 2. The molecule has 0 aliphatic carbocycles. The highest BCUT2D eigenvalue weighted by atomic mass is 79.9. The lowest BCUT2D eigenvalue weighted by molar-refractivity contribution is -0.127. The molecule has 1 amide bonds. The number of Topliss-reactive ketones (excluding diaryl/α,β-unsaturated/α-hetero) is 1. The van der Waals surface area contributed by atoms with E-state index in [2.05, 4.69) is 15.9 Å². The molecule has 2 aromatic heterocycles. The average molecular weight is 487 g/mol. The van der Waals surface area contributed by atoms with Crippen LogP contribution in [0, 0.1) is 0 Å². The molecule has 5 rings (SSSR count). The van der Waals surface area contributed by atoms with Crippen LogP contribution in [-0.4, -0.2) is 34.1 Å². The molecule has 1 aliphatic heterocycles. The predicted octanol–water partition coefficient (Wildman–Crippen LogP) is 6.23. The Morgan fingerprint density at radius 3 is 2.09 bits per heavy atom. The molecule has 0 spiro atoms. The number of likely N-dealkylation sites (tertiary alicyclic amines) is 1. The Kier molecular flexibility index (Phi) is 5.66. The van der Waals surface area contributed by atoms with Crippen LogP contribution in [0.3, 0.4) is 0 Å². The summed E-state index contributed by atoms with van der Waals surface area (Å²) in [5.74, 6) is -0.862. The van der Waals surface area contributed by atoms with Crippen LogP contribution in [-0.2, 0) is 4.79 Å². The highest BCUT2D eigenvalue weighted by Crippen LogP contribution is 2.41. The van der Waals surface area contributed by atoms with Crippen molar-refractivity contribution in [2.75, 3.05) is 13.1 Å². The number of hydrogen-bond donors (Lipinski definition) is 0. The number of aromatic nitrogens is 1. The van der Waals surface area contributed by atoms with E-state index < -0.39 is 11.7 Å². The van der Waals surface area contributed by atoms with Gasteiger partial charge in [0.1, 0.15) is 5.69 Å². The highest BCUT2D eigenvalue weighted by molar-refractivity contribution is 9.10. The van der Waals surface area contributed by atoms with Crippen molar-refractivity contribution in [3.05, 3.63) is 89.2 Å². The van der Waals surface area contributed by atoms with Gasteiger partial charge >= 0.3 is 0 Å². The van der Waals surface area contributed by atoms with Gasteiger partial charge < -0.3 is 9.30 Å². The fourth-order valence-electron chi connectivity index (χ4n) is 4.57. The van der Waals surface area contributed by atoms with E-state index in [1.807, 2.05) is 83.4 Å². The van der Waals surface area contributed by atoms with Crippen molar-refractivity contribution in [1.29, 1.82) is 0 Å². The molecule has 5 heteroatoms. The monoisotopic (exact) mass is 486 g/mol. The highest BCUT2D eigenvalue weighted by Gasteiger charge is 2.32. The average Bonchev–Trinajstić information content (AvgIpc) is 3.20. The van der Waals surface area contributed by atoms with Gasteiger partial charge in [-0.05, 0) is 54.7 Å². The van der Waals surface area contributed by atoms with Crippen molar-refractivity contribution in [3.8, 4) is 22.3 Å². The first kappa shape index (κ1) is 20.7. The third-order valence-corrected chi connectivity index (χ3v) is 6.62. The quantitative estimate of drug-likeness (QED) is 0.253. The SMILES string of the molecule is O=C(C(=O)N1CCCCC1)c1c(-c2ccc(Br)cc2)c(-c2ccccc2)c2ccccn12. The number of pyridine rings is 1. The fourth-order valence-corrected chi connectivity index (χ4v) is 4.83. The van der Waals surface area contributed by atoms with Crippen molar-refractivity contribution < 1.29 is 9.59 Å². The van der Waals surface area contributed by atoms with Gasteiger partial charge in [-0.1, -0.05) is 64.5 Å². The summed E-state index contributed by atoms with van der Waals surface area (Å²) in [5, 5.41) is 0. The van der Waals surface area contributed by atoms with E-state index in [1.165, 1.54) is 0 Å². The summed E-state index contributed by atoms with van der Waals surface area (Å²) in [4.78, 5) is 28.7. The second kappa shape index (κ2) is 8.75. The zero-order chi connectivity index (χ0) is 22.1. The summed E-state index contributed by atoms with van der Waals surface area (Å²) in [6.45, 7) is 1.29. The molecule has 0 N–H and O–H groups in total. The number of piperidine rings is 1. The second-order valence-electron chi connectivity index (χ2n) is 8.11. The van der Waals surface area contributed by atoms with E-state index in [-0.39, 0.29) is 0 Å². The number of amides is 1. The van der Waals surface area contributed by atoms with Crippen LogP contribution in [0.1, 0.15) is 29.8 Å². The third kappa shape index (κ3) is 3.67. The minimum atomic E-state index is -0.451. The van der Waals surface area contributed by atoms with Crippen LogP contribution in [0.4, 0.5) is 0 Å². The van der Waals surface area contributed by atoms with Crippen LogP contribution in [0.15, 0.2) is 83.5 Å². The van der Waals surface area contributed by atoms with Crippen molar-refractivity contribution >= 4 is 33.1 Å². The summed E-state index contributed by atoms with van der Waals surface area (Å²) in [6, 6.07) is 23.8. The number of hydrogen-bond acceptors (Lipinski definition) is 2. The molecule has 1 saturated heterocycles. The standard InChI is InChI=1S/C27H23BrN2O2/c28-21-14-12-20(13-15-21)24-23(19-9-3-1-4-10-19)22-11-5-8-18-30(22)25(24)26(31)27(32)29-16-6-2-7-17-29/h1,3-5,8-15,18H,2,6-7,16-17H2. The van der Waals surface area contributed by atoms with Crippen LogP contribution >= 0.6 is 15.9 Å². The molecule has 4 aromatic rings. The Morgan fingerprint density at radius 1 is 0.719 bits per heavy atom. The molecule has 0 saturated carbocycles. The van der Waals surface area contributed by atoms with Gasteiger partial charge in [-0.15, -0.1) is 0 Å². The Labute approximate surface area is 195 Å². The van der Waals surface area contributed by atoms with Gasteiger partial charge in [0.05, 0.1) is 5.52 Å². The molecule has 0 atom stereocenters. The predicted molar refractivity (Wildman–Crippen MR) is 131 cm³/mol. The Bertz CT molecular complexity index is 1290. The van der Waals surface area contributed by atoms with E-state index >= 15 is 0 Å². The lowest BCUT2D eigenvalue weighted by Crippen LogP contribution is -2.40. The normalized spacial score (nSPS) is 14.0. The summed E-state index contributed by atoms with van der Waals surface area (Å²) in [7, 11) is 0. The van der Waals surface area contributed by atoms with E-state index in [4.69, 9.17) is 0 Å². The maximum Gasteiger partial charge on any atom is 0.296 e. The van der Waals surface area contributed by atoms with E-state index in [0.717, 1.165) is 51.5 Å². The first-order chi connectivity index (χ1) is 15.6. The van der Waals surface area contributed by atoms with Crippen LogP contribution in [0.25, 0.3) is 27.8 Å². The molecule has 1 aliphatic rings. The number of fused-ring (bicyclic) bond motifs is 1. The van der Waals surface area contributed by atoms with Crippen molar-refractivity contribution in [2.24, 2.45) is 0 Å². The lowest BCUT2D eigenvalue weighted by atomic mass is 9.94. The van der Waals surface area contributed by atoms with E-state index in [0.29, 0.717) is 18.8 Å². The number of carbonyl (C=O) groups is 2. The summed E-state index contributed by atoms with van der Waals surface area (Å²) in [6.07, 6.45) is 4.88. The molecule has 1 fully saturated rings. The van der Waals surface area contributed by atoms with Gasteiger partial charge in [0.15, 0.2) is 0 Å². The number of benzene rings is 2. The van der Waals surface area contributed by atoms with E-state index in [9.17, 15) is 9.59 Å². The van der Waals surface area contributed by atoms with Crippen LogP contribution < -0.4 is 0 Å². The minimum Gasteiger partial charge on any atom is -0.336 e. The molecule has 0 unspecified atom stereocenters. The van der Waals surface area contributed by atoms with E-state index in [1.54, 1.807) is 4.90 Å². The van der Waals surface area contributed by atoms with Crippen molar-refractivity contribution in [1.82, 2.24) is 9.30 Å². The maximum absolute atomic E-state index is 13.7. The molecular weight excluding hydrogens is 464 g/mol. The number of carbonyl (C=O) groups excluding carboxylic acids is 2. The molecule has 0 radical (unpaired) electrons. The summed E-state index contributed by atoms with van der Waals surface area (Å²) in [5.41, 5.74) is 5.02. The molecule has 32 heavy (non-hydrogen) atoms. The number of ketones is 1. The molecular formula is C27H23BrN2O2. The third-order valence-electron chi connectivity index (χ3n) is 6.09. The summed E-state index contributed by atoms with van der Waals surface area (Å²) >= 11 is 3.51. The molecule has 4 nitrogen and oxygen atoms in total. The van der Waals surface area contributed by atoms with Gasteiger partial charge in [0, 0.05) is 34.9 Å². The Balaban J connectivity index is 1.78. The maximum atomic E-state index is 13.7. The molecule has 0 bridgehead atoms. The Hall–Kier alpha value is -3.18. The second-order valence-corrected chi connectivity index (χ2v) is 9.03. The largest absolute Gasteiger partial charge is 0.336 e. The number of rotatable bonds is 4. The zero-order valence-electron chi connectivity index (χ0n) is 17.6. The van der Waals surface area contributed by atoms with Crippen molar-refractivity contribution in [2.45, 2.75) is 19.3 Å². The number of halogens is 1. The fraction of sp³-hybridized carbons (Fsp3) is 0.185. The molecule has 3 heterocycles. The first-order valence-corrected chi connectivity index (χ1v) is 11.7. The smallest absolute Gasteiger partial charge is 0.296 e. The van der Waals surface area contributed by atoms with Gasteiger partial charge in [-0.2, -0.15) is 0 Å². The molecule has 160 valence electrons. The summed E-state index contributed by atoms with van der Waals surface area (Å²) < 4.78 is 2.84. The topological polar surface area (TPSA) is 41.8 Å². The van der Waals surface area contributed by atoms with Crippen LogP contribution in [0.2, 0.25) is 0 Å².